The zero-order valence-corrected chi connectivity index (χ0v) is 12.4. The molecular weight excluding hydrogens is 258 g/mol. The molecule has 1 rings (SSSR count). The molecule has 0 bridgehead atoms. The summed E-state index contributed by atoms with van der Waals surface area (Å²) >= 11 is 0. The fourth-order valence-corrected chi connectivity index (χ4v) is 2.34. The first kappa shape index (κ1) is 16.9. The fraction of sp³-hybridized carbons (Fsp3) is 0.857. The van der Waals surface area contributed by atoms with Gasteiger partial charge in [0.25, 0.3) is 0 Å². The topological polar surface area (TPSA) is 84.7 Å². The number of hydrogen-bond acceptors (Lipinski definition) is 4. The van der Waals surface area contributed by atoms with E-state index in [9.17, 15) is 9.59 Å². The Morgan fingerprint density at radius 3 is 2.85 bits per heavy atom. The summed E-state index contributed by atoms with van der Waals surface area (Å²) in [6.07, 6.45) is 4.53. The van der Waals surface area contributed by atoms with Crippen LogP contribution in [-0.2, 0) is 14.3 Å². The van der Waals surface area contributed by atoms with Crippen LogP contribution < -0.4 is 11.1 Å². The predicted molar refractivity (Wildman–Crippen MR) is 77.1 cm³/mol. The Morgan fingerprint density at radius 1 is 1.40 bits per heavy atom. The van der Waals surface area contributed by atoms with E-state index in [1.807, 2.05) is 0 Å². The molecule has 116 valence electrons. The molecule has 1 saturated heterocycles. The molecule has 0 aliphatic carbocycles. The van der Waals surface area contributed by atoms with Crippen LogP contribution in [0.2, 0.25) is 0 Å². The molecule has 1 aliphatic heterocycles. The van der Waals surface area contributed by atoms with Crippen molar-refractivity contribution in [3.05, 3.63) is 0 Å². The average molecular weight is 285 g/mol. The molecule has 2 amide bonds. The molecule has 20 heavy (non-hydrogen) atoms. The first-order valence-electron chi connectivity index (χ1n) is 7.43. The molecule has 0 saturated carbocycles. The van der Waals surface area contributed by atoms with Gasteiger partial charge in [0.1, 0.15) is 0 Å². The minimum atomic E-state index is -0.205. The van der Waals surface area contributed by atoms with E-state index in [0.717, 1.165) is 32.2 Å². The maximum absolute atomic E-state index is 12.0. The molecule has 1 atom stereocenters. The Labute approximate surface area is 121 Å². The van der Waals surface area contributed by atoms with Gasteiger partial charge in [0, 0.05) is 33.2 Å². The van der Waals surface area contributed by atoms with Gasteiger partial charge in [-0.2, -0.15) is 0 Å². The molecule has 1 heterocycles. The minimum absolute atomic E-state index is 0.00269. The van der Waals surface area contributed by atoms with E-state index in [0.29, 0.717) is 32.7 Å². The van der Waals surface area contributed by atoms with Crippen LogP contribution in [0.25, 0.3) is 0 Å². The Balaban J connectivity index is 2.16. The highest BCUT2D eigenvalue weighted by molar-refractivity contribution is 5.89. The first-order chi connectivity index (χ1) is 9.69. The Morgan fingerprint density at radius 2 is 2.15 bits per heavy atom. The second-order valence-electron chi connectivity index (χ2n) is 5.23. The van der Waals surface area contributed by atoms with Gasteiger partial charge in [0.05, 0.1) is 12.5 Å². The van der Waals surface area contributed by atoms with Crippen LogP contribution in [0.1, 0.15) is 32.1 Å². The van der Waals surface area contributed by atoms with Crippen LogP contribution >= 0.6 is 0 Å². The zero-order chi connectivity index (χ0) is 14.8. The standard InChI is InChI=1S/C14H27N3O3/c1-20-9-8-17-11-12(10-13(17)18)14(19)16-7-5-3-2-4-6-15/h12H,2-11,15H2,1H3,(H,16,19). The van der Waals surface area contributed by atoms with Gasteiger partial charge in [0.2, 0.25) is 11.8 Å². The third-order valence-electron chi connectivity index (χ3n) is 3.58. The number of likely N-dealkylation sites (tertiary alicyclic amines) is 1. The molecule has 0 spiro atoms. The quantitative estimate of drug-likeness (QED) is 0.558. The van der Waals surface area contributed by atoms with Crippen LogP contribution in [-0.4, -0.2) is 56.6 Å². The van der Waals surface area contributed by atoms with Gasteiger partial charge in [-0.15, -0.1) is 0 Å². The second kappa shape index (κ2) is 9.72. The van der Waals surface area contributed by atoms with Gasteiger partial charge in [-0.05, 0) is 19.4 Å². The van der Waals surface area contributed by atoms with Gasteiger partial charge in [-0.1, -0.05) is 12.8 Å². The summed E-state index contributed by atoms with van der Waals surface area (Å²) in [7, 11) is 1.61. The van der Waals surface area contributed by atoms with Crippen LogP contribution in [0.5, 0.6) is 0 Å². The van der Waals surface area contributed by atoms with E-state index in [1.165, 1.54) is 0 Å². The number of nitrogens with zero attached hydrogens (tertiary/aromatic N) is 1. The Hall–Kier alpha value is -1.14. The molecule has 0 aromatic heterocycles. The highest BCUT2D eigenvalue weighted by Gasteiger charge is 2.33. The highest BCUT2D eigenvalue weighted by Crippen LogP contribution is 2.17. The monoisotopic (exact) mass is 285 g/mol. The lowest BCUT2D eigenvalue weighted by Gasteiger charge is -2.15. The van der Waals surface area contributed by atoms with Crippen LogP contribution in [0.15, 0.2) is 0 Å². The maximum Gasteiger partial charge on any atom is 0.225 e. The van der Waals surface area contributed by atoms with E-state index in [1.54, 1.807) is 12.0 Å². The maximum atomic E-state index is 12.0. The number of carbonyl (C=O) groups excluding carboxylic acids is 2. The zero-order valence-electron chi connectivity index (χ0n) is 12.4. The largest absolute Gasteiger partial charge is 0.383 e. The number of unbranched alkanes of at least 4 members (excludes halogenated alkanes) is 3. The van der Waals surface area contributed by atoms with Crippen molar-refractivity contribution >= 4 is 11.8 Å². The summed E-state index contributed by atoms with van der Waals surface area (Å²) in [5.74, 6) is -0.161. The number of rotatable bonds is 10. The minimum Gasteiger partial charge on any atom is -0.383 e. The predicted octanol–water partition coefficient (Wildman–Crippen LogP) is 0.117. The summed E-state index contributed by atoms with van der Waals surface area (Å²) in [5, 5.41) is 2.92. The number of methoxy groups -OCH3 is 1. The van der Waals surface area contributed by atoms with E-state index < -0.39 is 0 Å². The molecule has 0 radical (unpaired) electrons. The normalized spacial score (nSPS) is 18.6. The van der Waals surface area contributed by atoms with Gasteiger partial charge in [0.15, 0.2) is 0 Å². The molecule has 6 nitrogen and oxygen atoms in total. The summed E-state index contributed by atoms with van der Waals surface area (Å²) in [6.45, 7) is 3.01. The lowest BCUT2D eigenvalue weighted by Crippen LogP contribution is -2.34. The van der Waals surface area contributed by atoms with Gasteiger partial charge < -0.3 is 20.7 Å². The van der Waals surface area contributed by atoms with Crippen molar-refractivity contribution in [2.45, 2.75) is 32.1 Å². The van der Waals surface area contributed by atoms with Crippen LogP contribution in [0.3, 0.4) is 0 Å². The molecule has 0 aromatic carbocycles. The number of nitrogens with two attached hydrogens (primary N) is 1. The summed E-state index contributed by atoms with van der Waals surface area (Å²) in [6, 6.07) is 0. The van der Waals surface area contributed by atoms with Gasteiger partial charge in [-0.25, -0.2) is 0 Å². The van der Waals surface area contributed by atoms with Crippen molar-refractivity contribution < 1.29 is 14.3 Å². The third-order valence-corrected chi connectivity index (χ3v) is 3.58. The van der Waals surface area contributed by atoms with Crippen molar-refractivity contribution in [1.29, 1.82) is 0 Å². The average Bonchev–Trinajstić information content (AvgIpc) is 2.81. The number of ether oxygens (including phenoxy) is 1. The molecule has 1 fully saturated rings. The van der Waals surface area contributed by atoms with Crippen LogP contribution in [0.4, 0.5) is 0 Å². The second-order valence-corrected chi connectivity index (χ2v) is 5.23. The van der Waals surface area contributed by atoms with E-state index >= 15 is 0 Å². The lowest BCUT2D eigenvalue weighted by molar-refractivity contribution is -0.129. The third kappa shape index (κ3) is 5.88. The van der Waals surface area contributed by atoms with Gasteiger partial charge >= 0.3 is 0 Å². The molecule has 1 aliphatic rings. The number of carbonyl (C=O) groups is 2. The number of amides is 2. The summed E-state index contributed by atoms with van der Waals surface area (Å²) in [4.78, 5) is 25.4. The SMILES string of the molecule is COCCN1CC(C(=O)NCCCCCCN)CC1=O. The Kier molecular flexibility index (Phi) is 8.22. The summed E-state index contributed by atoms with van der Waals surface area (Å²) in [5.41, 5.74) is 5.42. The number of hydrogen-bond donors (Lipinski definition) is 2. The lowest BCUT2D eigenvalue weighted by atomic mass is 10.1. The van der Waals surface area contributed by atoms with E-state index in [-0.39, 0.29) is 17.7 Å². The van der Waals surface area contributed by atoms with Crippen molar-refractivity contribution in [1.82, 2.24) is 10.2 Å². The van der Waals surface area contributed by atoms with Crippen molar-refractivity contribution in [2.24, 2.45) is 11.7 Å². The van der Waals surface area contributed by atoms with Crippen molar-refractivity contribution in [3.8, 4) is 0 Å². The highest BCUT2D eigenvalue weighted by atomic mass is 16.5. The number of nitrogens with one attached hydrogen (secondary N) is 1. The van der Waals surface area contributed by atoms with E-state index in [4.69, 9.17) is 10.5 Å². The molecule has 1 unspecified atom stereocenters. The van der Waals surface area contributed by atoms with Crippen molar-refractivity contribution in [2.75, 3.05) is 39.9 Å². The molecule has 0 aromatic rings. The smallest absolute Gasteiger partial charge is 0.225 e. The molecular formula is C14H27N3O3. The van der Waals surface area contributed by atoms with Gasteiger partial charge in [-0.3, -0.25) is 9.59 Å². The van der Waals surface area contributed by atoms with Crippen LogP contribution in [0, 0.1) is 5.92 Å². The summed E-state index contributed by atoms with van der Waals surface area (Å²) < 4.78 is 4.96. The molecule has 3 N–H and O–H groups in total. The first-order valence-corrected chi connectivity index (χ1v) is 7.43. The molecule has 6 heteroatoms. The van der Waals surface area contributed by atoms with E-state index in [2.05, 4.69) is 5.32 Å². The Bertz CT molecular complexity index is 310. The van der Waals surface area contributed by atoms with Crippen molar-refractivity contribution in [3.63, 3.8) is 0 Å². The fourth-order valence-electron chi connectivity index (χ4n) is 2.34.